The summed E-state index contributed by atoms with van der Waals surface area (Å²) in [6.45, 7) is 0.359. The SMILES string of the molecule is CC(N)=Nn1nc(-c2ccc(Cl)cc2)n(C[C@H](O)C(F)(F)F)c1=O. The minimum Gasteiger partial charge on any atom is -0.386 e. The molecule has 24 heavy (non-hydrogen) atoms. The van der Waals surface area contributed by atoms with Gasteiger partial charge >= 0.3 is 11.9 Å². The summed E-state index contributed by atoms with van der Waals surface area (Å²) >= 11 is 5.77. The molecule has 3 N–H and O–H groups in total. The first kappa shape index (κ1) is 18.0. The highest BCUT2D eigenvalue weighted by Crippen LogP contribution is 2.23. The van der Waals surface area contributed by atoms with Crippen molar-refractivity contribution in [1.29, 1.82) is 0 Å². The fraction of sp³-hybridized carbons (Fsp3) is 0.308. The summed E-state index contributed by atoms with van der Waals surface area (Å²) in [6.07, 6.45) is -7.62. The van der Waals surface area contributed by atoms with Crippen LogP contribution in [0.5, 0.6) is 0 Å². The number of benzene rings is 1. The maximum absolute atomic E-state index is 12.6. The molecule has 1 aromatic heterocycles. The summed E-state index contributed by atoms with van der Waals surface area (Å²) in [7, 11) is 0. The van der Waals surface area contributed by atoms with Crippen molar-refractivity contribution in [2.45, 2.75) is 25.7 Å². The molecule has 0 fully saturated rings. The lowest BCUT2D eigenvalue weighted by atomic mass is 10.2. The molecule has 0 bridgehead atoms. The van der Waals surface area contributed by atoms with E-state index in [1.165, 1.54) is 31.2 Å². The molecule has 0 spiro atoms. The first-order valence-electron chi connectivity index (χ1n) is 6.61. The lowest BCUT2D eigenvalue weighted by Crippen LogP contribution is -2.37. The fourth-order valence-electron chi connectivity index (χ4n) is 1.85. The minimum atomic E-state index is -4.88. The van der Waals surface area contributed by atoms with Crippen molar-refractivity contribution >= 4 is 17.4 Å². The van der Waals surface area contributed by atoms with Gasteiger partial charge in [-0.05, 0) is 31.2 Å². The Bertz CT molecular complexity index is 806. The van der Waals surface area contributed by atoms with Crippen LogP contribution in [0.2, 0.25) is 5.02 Å². The second-order valence-electron chi connectivity index (χ2n) is 4.91. The van der Waals surface area contributed by atoms with Crippen LogP contribution in [0.15, 0.2) is 34.2 Å². The Kier molecular flexibility index (Phi) is 4.99. The number of hydrogen-bond acceptors (Lipinski definition) is 4. The second kappa shape index (κ2) is 6.65. The van der Waals surface area contributed by atoms with Crippen LogP contribution in [-0.2, 0) is 6.54 Å². The number of rotatable bonds is 4. The summed E-state index contributed by atoms with van der Waals surface area (Å²) in [5.74, 6) is -0.120. The molecule has 7 nitrogen and oxygen atoms in total. The van der Waals surface area contributed by atoms with Crippen molar-refractivity contribution in [2.75, 3.05) is 0 Å². The van der Waals surface area contributed by atoms with E-state index in [4.69, 9.17) is 17.3 Å². The molecule has 0 aliphatic carbocycles. The van der Waals surface area contributed by atoms with E-state index in [-0.39, 0.29) is 11.7 Å². The first-order valence-corrected chi connectivity index (χ1v) is 6.99. The van der Waals surface area contributed by atoms with E-state index in [2.05, 4.69) is 10.2 Å². The Hall–Kier alpha value is -2.33. The lowest BCUT2D eigenvalue weighted by Gasteiger charge is -2.15. The molecule has 0 saturated carbocycles. The zero-order chi connectivity index (χ0) is 18.1. The quantitative estimate of drug-likeness (QED) is 0.634. The monoisotopic (exact) mass is 363 g/mol. The van der Waals surface area contributed by atoms with Gasteiger partial charge in [-0.3, -0.25) is 4.57 Å². The highest BCUT2D eigenvalue weighted by molar-refractivity contribution is 6.30. The topological polar surface area (TPSA) is 98.4 Å². The summed E-state index contributed by atoms with van der Waals surface area (Å²) < 4.78 is 38.5. The Morgan fingerprint density at radius 3 is 2.50 bits per heavy atom. The van der Waals surface area contributed by atoms with Crippen LogP contribution >= 0.6 is 11.6 Å². The number of nitrogens with two attached hydrogens (primary N) is 1. The van der Waals surface area contributed by atoms with Gasteiger partial charge in [0.1, 0.15) is 5.84 Å². The van der Waals surface area contributed by atoms with Gasteiger partial charge < -0.3 is 10.8 Å². The molecular formula is C13H13ClF3N5O2. The van der Waals surface area contributed by atoms with Crippen LogP contribution in [0.1, 0.15) is 6.92 Å². The molecule has 0 amide bonds. The highest BCUT2D eigenvalue weighted by Gasteiger charge is 2.39. The van der Waals surface area contributed by atoms with E-state index in [9.17, 15) is 23.1 Å². The number of alkyl halides is 3. The lowest BCUT2D eigenvalue weighted by molar-refractivity contribution is -0.207. The standard InChI is InChI=1S/C13H13ClF3N5O2/c1-7(18)19-22-12(24)21(6-10(23)13(15,16)17)11(20-22)8-2-4-9(14)5-3-8/h2-5,10,23H,6H2,1H3,(H2,18,19)/t10-/m0/s1. The van der Waals surface area contributed by atoms with Gasteiger partial charge in [0.05, 0.1) is 6.54 Å². The molecule has 0 aliphatic rings. The third-order valence-corrected chi connectivity index (χ3v) is 3.19. The normalized spacial score (nSPS) is 14.0. The van der Waals surface area contributed by atoms with Crippen LogP contribution in [0.3, 0.4) is 0 Å². The Morgan fingerprint density at radius 2 is 2.00 bits per heavy atom. The van der Waals surface area contributed by atoms with Gasteiger partial charge in [0.2, 0.25) is 0 Å². The highest BCUT2D eigenvalue weighted by atomic mass is 35.5. The Balaban J connectivity index is 2.58. The first-order chi connectivity index (χ1) is 11.1. The van der Waals surface area contributed by atoms with Crippen LogP contribution in [0, 0.1) is 0 Å². The smallest absolute Gasteiger partial charge is 0.386 e. The zero-order valence-electron chi connectivity index (χ0n) is 12.3. The second-order valence-corrected chi connectivity index (χ2v) is 5.35. The summed E-state index contributed by atoms with van der Waals surface area (Å²) in [5.41, 5.74) is 4.74. The maximum atomic E-state index is 12.6. The third-order valence-electron chi connectivity index (χ3n) is 2.94. The largest absolute Gasteiger partial charge is 0.416 e. The van der Waals surface area contributed by atoms with E-state index in [0.717, 1.165) is 0 Å². The number of hydrogen-bond donors (Lipinski definition) is 2. The van der Waals surface area contributed by atoms with Crippen LogP contribution < -0.4 is 11.4 Å². The van der Waals surface area contributed by atoms with Crippen LogP contribution in [-0.4, -0.2) is 37.7 Å². The fourth-order valence-corrected chi connectivity index (χ4v) is 1.98. The Morgan fingerprint density at radius 1 is 1.42 bits per heavy atom. The van der Waals surface area contributed by atoms with Gasteiger partial charge in [0.15, 0.2) is 11.9 Å². The molecule has 0 radical (unpaired) electrons. The molecule has 1 aromatic carbocycles. The zero-order valence-corrected chi connectivity index (χ0v) is 13.1. The summed E-state index contributed by atoms with van der Waals surface area (Å²) in [6, 6.07) is 5.93. The Labute approximate surface area is 138 Å². The molecule has 0 aliphatic heterocycles. The van der Waals surface area contributed by atoms with Crippen molar-refractivity contribution in [2.24, 2.45) is 10.8 Å². The third kappa shape index (κ3) is 3.95. The van der Waals surface area contributed by atoms with Crippen molar-refractivity contribution in [1.82, 2.24) is 14.5 Å². The number of aliphatic hydroxyl groups excluding tert-OH is 1. The molecule has 0 unspecified atom stereocenters. The number of amidine groups is 1. The molecular weight excluding hydrogens is 351 g/mol. The molecule has 1 heterocycles. The average molecular weight is 364 g/mol. The molecule has 2 rings (SSSR count). The van der Waals surface area contributed by atoms with Gasteiger partial charge in [-0.2, -0.15) is 13.2 Å². The number of halogens is 4. The summed E-state index contributed by atoms with van der Waals surface area (Å²) in [4.78, 5) is 12.8. The van der Waals surface area contributed by atoms with Gasteiger partial charge in [-0.25, -0.2) is 4.79 Å². The van der Waals surface area contributed by atoms with Crippen molar-refractivity contribution in [3.8, 4) is 11.4 Å². The molecule has 130 valence electrons. The van der Waals surface area contributed by atoms with E-state index >= 15 is 0 Å². The van der Waals surface area contributed by atoms with Gasteiger partial charge in [0.25, 0.3) is 0 Å². The van der Waals surface area contributed by atoms with Crippen molar-refractivity contribution < 1.29 is 18.3 Å². The van der Waals surface area contributed by atoms with Crippen LogP contribution in [0.4, 0.5) is 13.2 Å². The van der Waals surface area contributed by atoms with E-state index < -0.39 is 24.5 Å². The molecule has 1 atom stereocenters. The van der Waals surface area contributed by atoms with Crippen LogP contribution in [0.25, 0.3) is 11.4 Å². The average Bonchev–Trinajstić information content (AvgIpc) is 2.76. The number of aromatic nitrogens is 3. The number of aliphatic hydroxyl groups is 1. The van der Waals surface area contributed by atoms with E-state index in [0.29, 0.717) is 19.9 Å². The number of nitrogens with zero attached hydrogens (tertiary/aromatic N) is 4. The summed E-state index contributed by atoms with van der Waals surface area (Å²) in [5, 5.41) is 17.2. The predicted octanol–water partition coefficient (Wildman–Crippen LogP) is 1.43. The maximum Gasteiger partial charge on any atom is 0.416 e. The molecule has 0 saturated heterocycles. The minimum absolute atomic E-state index is 0.0132. The van der Waals surface area contributed by atoms with Gasteiger partial charge in [0, 0.05) is 10.6 Å². The van der Waals surface area contributed by atoms with Gasteiger partial charge in [-0.1, -0.05) is 16.4 Å². The molecule has 2 aromatic rings. The van der Waals surface area contributed by atoms with Crippen molar-refractivity contribution in [3.63, 3.8) is 0 Å². The van der Waals surface area contributed by atoms with E-state index in [1.54, 1.807) is 0 Å². The van der Waals surface area contributed by atoms with Crippen molar-refractivity contribution in [3.05, 3.63) is 39.8 Å². The molecule has 11 heteroatoms. The van der Waals surface area contributed by atoms with Gasteiger partial charge in [-0.15, -0.1) is 10.2 Å². The predicted molar refractivity (Wildman–Crippen MR) is 81.7 cm³/mol. The van der Waals surface area contributed by atoms with E-state index in [1.807, 2.05) is 0 Å².